The highest BCUT2D eigenvalue weighted by Gasteiger charge is 2.19. The van der Waals surface area contributed by atoms with Crippen LogP contribution in [0.3, 0.4) is 0 Å². The lowest BCUT2D eigenvalue weighted by Crippen LogP contribution is -2.29. The smallest absolute Gasteiger partial charge is 0.423 e. The lowest BCUT2D eigenvalue weighted by atomic mass is 9.81. The summed E-state index contributed by atoms with van der Waals surface area (Å²) in [5.74, 6) is -0.623. The van der Waals surface area contributed by atoms with Crippen LogP contribution in [0, 0.1) is 0 Å². The second-order valence-electron chi connectivity index (χ2n) is 11.0. The summed E-state index contributed by atoms with van der Waals surface area (Å²) in [5, 5.41) is 27.2. The summed E-state index contributed by atoms with van der Waals surface area (Å²) in [5.41, 5.74) is 3.67. The van der Waals surface area contributed by atoms with E-state index in [-0.39, 0.29) is 42.5 Å². The molecule has 0 atom stereocenters. The third-order valence-electron chi connectivity index (χ3n) is 7.27. The molecule has 0 saturated heterocycles. The molecule has 0 fully saturated rings. The van der Waals surface area contributed by atoms with Crippen molar-refractivity contribution in [1.82, 2.24) is 9.97 Å². The number of carbonyl (C=O) groups excluding carboxylic acids is 2. The summed E-state index contributed by atoms with van der Waals surface area (Å²) in [7, 11) is -9.36. The van der Waals surface area contributed by atoms with E-state index >= 15 is 0 Å². The Morgan fingerprint density at radius 2 is 0.907 bits per heavy atom. The number of hydrogen-bond donors (Lipinski definition) is 4. The number of ketones is 2. The molecule has 0 amide bonds. The average molecular weight is 870 g/mol. The first-order valence-corrected chi connectivity index (χ1v) is 19.9. The van der Waals surface area contributed by atoms with Crippen LogP contribution in [-0.2, 0) is 20.0 Å². The van der Waals surface area contributed by atoms with Crippen molar-refractivity contribution < 1.29 is 36.5 Å². The third kappa shape index (κ3) is 11.7. The van der Waals surface area contributed by atoms with Gasteiger partial charge in [0.2, 0.25) is 20.0 Å². The predicted octanol–water partition coefficient (Wildman–Crippen LogP) is 5.02. The Balaban J connectivity index is 0.000000199. The molecule has 4 aromatic carbocycles. The van der Waals surface area contributed by atoms with Crippen LogP contribution < -0.4 is 15.7 Å². The summed E-state index contributed by atoms with van der Waals surface area (Å²) in [4.78, 5) is 32.0. The summed E-state index contributed by atoms with van der Waals surface area (Å²) >= 11 is 14.9. The molecular formula is C36H28BBrCl2N4O8S2. The van der Waals surface area contributed by atoms with Crippen molar-refractivity contribution in [3.8, 4) is 11.1 Å². The normalized spacial score (nSPS) is 10.9. The van der Waals surface area contributed by atoms with Gasteiger partial charge in [-0.1, -0.05) is 63.4 Å². The van der Waals surface area contributed by atoms with Crippen molar-refractivity contribution in [2.45, 2.75) is 9.79 Å². The topological polar surface area (TPSA) is 221 Å². The van der Waals surface area contributed by atoms with Crippen LogP contribution in [0.5, 0.6) is 0 Å². The van der Waals surface area contributed by atoms with Crippen molar-refractivity contribution in [3.05, 3.63) is 171 Å². The standard InChI is InChI=1S/C18H13ClN2O3S.C13H9BrClNO3S.C5H6BNO2/c19-16-6-5-15(11-17(16)25(20,23)24)18(22)14-3-1-12(2-4-14)13-7-9-21-10-8-13;14-10-4-1-8(2-5-10)13(17)9-3-6-11(15)12(7-9)20(16,18)19;8-6(9)5-1-3-7-4-2-5/h1-11H,(H2,20,23,24);1-7H,(H2,16,18,19);1-4,8-9H. The van der Waals surface area contributed by atoms with E-state index in [1.165, 1.54) is 48.8 Å². The fourth-order valence-corrected chi connectivity index (χ4v) is 6.96. The van der Waals surface area contributed by atoms with E-state index in [9.17, 15) is 26.4 Å². The molecule has 2 aromatic heterocycles. The Morgan fingerprint density at radius 3 is 1.28 bits per heavy atom. The van der Waals surface area contributed by atoms with E-state index < -0.39 is 27.2 Å². The van der Waals surface area contributed by atoms with Crippen LogP contribution >= 0.6 is 39.1 Å². The Morgan fingerprint density at radius 1 is 0.556 bits per heavy atom. The van der Waals surface area contributed by atoms with Crippen molar-refractivity contribution >= 4 is 83.3 Å². The zero-order chi connectivity index (χ0) is 39.6. The van der Waals surface area contributed by atoms with Gasteiger partial charge in [-0.25, -0.2) is 27.1 Å². The van der Waals surface area contributed by atoms with Crippen LogP contribution in [0.4, 0.5) is 0 Å². The van der Waals surface area contributed by atoms with Gasteiger partial charge in [-0.2, -0.15) is 0 Å². The molecule has 0 saturated carbocycles. The quantitative estimate of drug-likeness (QED) is 0.118. The molecule has 6 N–H and O–H groups in total. The summed E-state index contributed by atoms with van der Waals surface area (Å²) in [6.07, 6.45) is 6.40. The van der Waals surface area contributed by atoms with Gasteiger partial charge in [-0.05, 0) is 102 Å². The minimum atomic E-state index is -4.00. The van der Waals surface area contributed by atoms with Crippen LogP contribution in [0.25, 0.3) is 11.1 Å². The second kappa shape index (κ2) is 18.6. The number of nitrogens with zero attached hydrogens (tertiary/aromatic N) is 2. The molecule has 0 spiro atoms. The zero-order valence-electron chi connectivity index (χ0n) is 27.6. The minimum Gasteiger partial charge on any atom is -0.423 e. The minimum absolute atomic E-state index is 0.0140. The number of benzene rings is 4. The number of pyridine rings is 2. The Bertz CT molecular complexity index is 2480. The van der Waals surface area contributed by atoms with Gasteiger partial charge in [0.25, 0.3) is 0 Å². The van der Waals surface area contributed by atoms with Crippen molar-refractivity contribution in [2.24, 2.45) is 10.3 Å². The van der Waals surface area contributed by atoms with Gasteiger partial charge >= 0.3 is 7.12 Å². The molecule has 276 valence electrons. The van der Waals surface area contributed by atoms with Gasteiger partial charge in [-0.15, -0.1) is 0 Å². The maximum Gasteiger partial charge on any atom is 0.488 e. The second-order valence-corrected chi connectivity index (χ2v) is 15.8. The lowest BCUT2D eigenvalue weighted by Gasteiger charge is -2.07. The number of sulfonamides is 2. The SMILES string of the molecule is NS(=O)(=O)c1cc(C(=O)c2ccc(-c3ccncc3)cc2)ccc1Cl.NS(=O)(=O)c1cc(C(=O)c2ccc(Br)cc2)ccc1Cl.OB(O)c1ccncc1. The monoisotopic (exact) mass is 868 g/mol. The van der Waals surface area contributed by atoms with Gasteiger partial charge in [0.1, 0.15) is 9.79 Å². The predicted molar refractivity (Wildman–Crippen MR) is 210 cm³/mol. The van der Waals surface area contributed by atoms with Gasteiger partial charge in [-0.3, -0.25) is 19.6 Å². The molecule has 0 aliphatic rings. The maximum absolute atomic E-state index is 12.6. The van der Waals surface area contributed by atoms with Crippen LogP contribution in [0.15, 0.2) is 148 Å². The number of rotatable bonds is 8. The van der Waals surface area contributed by atoms with Crippen molar-refractivity contribution in [1.29, 1.82) is 0 Å². The molecule has 0 unspecified atom stereocenters. The Labute approximate surface area is 329 Å². The summed E-state index contributed by atoms with van der Waals surface area (Å²) in [6, 6.07) is 28.6. The number of nitrogens with two attached hydrogens (primary N) is 2. The molecule has 6 aromatic rings. The van der Waals surface area contributed by atoms with E-state index in [1.807, 2.05) is 24.3 Å². The first-order chi connectivity index (χ1) is 25.5. The number of halogens is 3. The van der Waals surface area contributed by atoms with E-state index in [0.29, 0.717) is 16.6 Å². The molecule has 6 rings (SSSR count). The molecule has 12 nitrogen and oxygen atoms in total. The van der Waals surface area contributed by atoms with Gasteiger partial charge in [0.15, 0.2) is 11.6 Å². The molecular weight excluding hydrogens is 842 g/mol. The van der Waals surface area contributed by atoms with Gasteiger partial charge in [0.05, 0.1) is 10.0 Å². The third-order valence-corrected chi connectivity index (χ3v) is 10.6. The molecule has 0 bridgehead atoms. The van der Waals surface area contributed by atoms with Gasteiger partial charge in [0, 0.05) is 51.5 Å². The van der Waals surface area contributed by atoms with E-state index in [0.717, 1.165) is 15.6 Å². The highest BCUT2D eigenvalue weighted by molar-refractivity contribution is 9.10. The molecule has 0 aliphatic carbocycles. The van der Waals surface area contributed by atoms with E-state index in [1.54, 1.807) is 60.9 Å². The largest absolute Gasteiger partial charge is 0.488 e. The maximum atomic E-state index is 12.6. The molecule has 2 heterocycles. The zero-order valence-corrected chi connectivity index (χ0v) is 32.4. The average Bonchev–Trinajstić information content (AvgIpc) is 3.15. The highest BCUT2D eigenvalue weighted by atomic mass is 79.9. The van der Waals surface area contributed by atoms with E-state index in [2.05, 4.69) is 25.9 Å². The number of aromatic nitrogens is 2. The molecule has 54 heavy (non-hydrogen) atoms. The van der Waals surface area contributed by atoms with Crippen LogP contribution in [-0.4, -0.2) is 55.5 Å². The van der Waals surface area contributed by atoms with Crippen molar-refractivity contribution in [3.63, 3.8) is 0 Å². The summed E-state index contributed by atoms with van der Waals surface area (Å²) in [6.45, 7) is 0. The number of hydrogen-bond acceptors (Lipinski definition) is 10. The van der Waals surface area contributed by atoms with Crippen molar-refractivity contribution in [2.75, 3.05) is 0 Å². The van der Waals surface area contributed by atoms with Crippen LogP contribution in [0.1, 0.15) is 31.8 Å². The fraction of sp³-hybridized carbons (Fsp3) is 0. The van der Waals surface area contributed by atoms with E-state index in [4.69, 9.17) is 43.5 Å². The Kier molecular flexibility index (Phi) is 14.5. The highest BCUT2D eigenvalue weighted by Crippen LogP contribution is 2.25. The summed E-state index contributed by atoms with van der Waals surface area (Å²) < 4.78 is 46.7. The lowest BCUT2D eigenvalue weighted by molar-refractivity contribution is 0.103. The molecule has 0 radical (unpaired) electrons. The molecule has 18 heteroatoms. The Hall–Kier alpha value is -4.62. The number of carbonyl (C=O) groups is 2. The first-order valence-electron chi connectivity index (χ1n) is 15.2. The molecule has 0 aliphatic heterocycles. The fourth-order valence-electron chi connectivity index (χ4n) is 4.55. The van der Waals surface area contributed by atoms with Gasteiger partial charge < -0.3 is 10.0 Å². The first kappa shape index (κ1) is 42.1. The van der Waals surface area contributed by atoms with Crippen LogP contribution in [0.2, 0.25) is 10.0 Å². The number of primary sulfonamides is 2.